The van der Waals surface area contributed by atoms with Crippen molar-refractivity contribution in [3.05, 3.63) is 58.8 Å². The Labute approximate surface area is 160 Å². The number of aromatic nitrogens is 2. The molecule has 1 unspecified atom stereocenters. The number of quaternary nitrogens is 1. The molecule has 1 aliphatic rings. The number of nitrogens with zero attached hydrogens (tertiary/aromatic N) is 1. The highest BCUT2D eigenvalue weighted by Gasteiger charge is 2.28. The first-order chi connectivity index (χ1) is 12.7. The van der Waals surface area contributed by atoms with Crippen LogP contribution in [0.3, 0.4) is 0 Å². The van der Waals surface area contributed by atoms with Crippen molar-refractivity contribution in [3.63, 3.8) is 0 Å². The first kappa shape index (κ1) is 17.2. The van der Waals surface area contributed by atoms with Crippen molar-refractivity contribution >= 4 is 38.6 Å². The molecule has 6 heteroatoms. The van der Waals surface area contributed by atoms with E-state index in [1.807, 2.05) is 42.5 Å². The molecule has 1 fully saturated rings. The van der Waals surface area contributed by atoms with E-state index in [1.54, 1.807) is 0 Å². The summed E-state index contributed by atoms with van der Waals surface area (Å²) in [6.45, 7) is 2.46. The molecule has 3 N–H and O–H groups in total. The van der Waals surface area contributed by atoms with Crippen LogP contribution in [0.4, 0.5) is 5.69 Å². The number of carbonyl (C=O) groups excluding carboxylic acids is 1. The fourth-order valence-electron chi connectivity index (χ4n) is 3.68. The molecule has 4 rings (SSSR count). The highest BCUT2D eigenvalue weighted by molar-refractivity contribution is 9.10. The minimum atomic E-state index is 0.0626. The van der Waals surface area contributed by atoms with Gasteiger partial charge in [0.2, 0.25) is 0 Å². The van der Waals surface area contributed by atoms with Crippen molar-refractivity contribution in [2.75, 3.05) is 25.0 Å². The largest absolute Gasteiger partial charge is 0.342 e. The molecule has 1 aliphatic heterocycles. The van der Waals surface area contributed by atoms with Crippen LogP contribution < -0.4 is 10.2 Å². The van der Waals surface area contributed by atoms with Gasteiger partial charge in [-0.05, 0) is 49.2 Å². The van der Waals surface area contributed by atoms with Crippen LogP contribution in [0.1, 0.15) is 24.6 Å². The smallest absolute Gasteiger partial charge is 0.279 e. The molecule has 26 heavy (non-hydrogen) atoms. The summed E-state index contributed by atoms with van der Waals surface area (Å²) in [5.41, 5.74) is 2.94. The monoisotopic (exact) mass is 413 g/mol. The Morgan fingerprint density at radius 2 is 2.04 bits per heavy atom. The number of H-pyrrole nitrogens is 1. The number of imidazole rings is 1. The number of nitrogens with one attached hydrogen (secondary N) is 3. The number of carbonyl (C=O) groups is 1. The number of amides is 1. The molecule has 3 aromatic rings. The lowest BCUT2D eigenvalue weighted by Gasteiger charge is -2.28. The fraction of sp³-hybridized carbons (Fsp3) is 0.300. The van der Waals surface area contributed by atoms with E-state index in [0.717, 1.165) is 52.9 Å². The zero-order valence-electron chi connectivity index (χ0n) is 14.5. The van der Waals surface area contributed by atoms with Crippen molar-refractivity contribution in [1.82, 2.24) is 9.97 Å². The van der Waals surface area contributed by atoms with Gasteiger partial charge in [0.15, 0.2) is 6.54 Å². The minimum absolute atomic E-state index is 0.0626. The van der Waals surface area contributed by atoms with E-state index in [0.29, 0.717) is 12.5 Å². The predicted octanol–water partition coefficient (Wildman–Crippen LogP) is 2.73. The van der Waals surface area contributed by atoms with Gasteiger partial charge >= 0.3 is 0 Å². The molecule has 0 saturated carbocycles. The van der Waals surface area contributed by atoms with E-state index < -0.39 is 0 Å². The van der Waals surface area contributed by atoms with E-state index in [2.05, 4.69) is 32.3 Å². The van der Waals surface area contributed by atoms with Crippen LogP contribution in [0.5, 0.6) is 0 Å². The molecular weight excluding hydrogens is 392 g/mol. The molecule has 0 aliphatic carbocycles. The van der Waals surface area contributed by atoms with Crippen LogP contribution >= 0.6 is 15.9 Å². The van der Waals surface area contributed by atoms with E-state index in [-0.39, 0.29) is 5.91 Å². The average Bonchev–Trinajstić information content (AvgIpc) is 3.08. The molecule has 1 aromatic heterocycles. The van der Waals surface area contributed by atoms with Crippen molar-refractivity contribution in [3.8, 4) is 0 Å². The molecule has 0 bridgehead atoms. The summed E-state index contributed by atoms with van der Waals surface area (Å²) < 4.78 is 1.01. The molecule has 2 atom stereocenters. The molecule has 1 amide bonds. The molecular formula is C20H22BrN4O+. The van der Waals surface area contributed by atoms with Gasteiger partial charge in [-0.2, -0.15) is 0 Å². The second-order valence-electron chi connectivity index (χ2n) is 6.91. The lowest BCUT2D eigenvalue weighted by molar-refractivity contribution is -0.898. The topological polar surface area (TPSA) is 62.2 Å². The Hall–Kier alpha value is -2.18. The van der Waals surface area contributed by atoms with Crippen LogP contribution in [0, 0.1) is 0 Å². The van der Waals surface area contributed by atoms with Crippen LogP contribution in [0.2, 0.25) is 0 Å². The van der Waals surface area contributed by atoms with Gasteiger partial charge in [-0.15, -0.1) is 0 Å². The first-order valence-electron chi connectivity index (χ1n) is 9.01. The molecule has 2 aromatic carbocycles. The standard InChI is InChI=1S/C20H21BrN4O/c21-15-7-9-16(10-8-15)22-19(26)13-25-11-3-4-14(12-25)20-23-17-5-1-2-6-18(17)24-20/h1-2,5-10,14H,3-4,11-13H2,(H,22,26)(H,23,24)/p+1/t14-/m0/s1. The Kier molecular flexibility index (Phi) is 5.04. The number of para-hydroxylation sites is 2. The number of hydrogen-bond donors (Lipinski definition) is 3. The van der Waals surface area contributed by atoms with Crippen LogP contribution in [0.25, 0.3) is 11.0 Å². The minimum Gasteiger partial charge on any atom is -0.342 e. The molecule has 1 saturated heterocycles. The van der Waals surface area contributed by atoms with Gasteiger partial charge in [-0.3, -0.25) is 4.79 Å². The summed E-state index contributed by atoms with van der Waals surface area (Å²) in [6.07, 6.45) is 2.24. The summed E-state index contributed by atoms with van der Waals surface area (Å²) in [6, 6.07) is 15.8. The van der Waals surface area contributed by atoms with Crippen LogP contribution in [0.15, 0.2) is 53.0 Å². The van der Waals surface area contributed by atoms with Gasteiger partial charge < -0.3 is 15.2 Å². The van der Waals surface area contributed by atoms with E-state index in [4.69, 9.17) is 4.98 Å². The molecule has 0 radical (unpaired) electrons. The van der Waals surface area contributed by atoms with E-state index >= 15 is 0 Å². The number of fused-ring (bicyclic) bond motifs is 1. The Morgan fingerprint density at radius 1 is 1.23 bits per heavy atom. The zero-order valence-corrected chi connectivity index (χ0v) is 16.1. The van der Waals surface area contributed by atoms with Crippen LogP contribution in [-0.2, 0) is 4.79 Å². The van der Waals surface area contributed by atoms with Crippen LogP contribution in [-0.4, -0.2) is 35.5 Å². The van der Waals surface area contributed by atoms with Gasteiger partial charge in [0.25, 0.3) is 5.91 Å². The number of rotatable bonds is 4. The van der Waals surface area contributed by atoms with Crippen molar-refractivity contribution in [2.24, 2.45) is 0 Å². The number of aromatic amines is 1. The lowest BCUT2D eigenvalue weighted by Crippen LogP contribution is -3.14. The molecule has 134 valence electrons. The Morgan fingerprint density at radius 3 is 2.85 bits per heavy atom. The van der Waals surface area contributed by atoms with Gasteiger partial charge in [-0.1, -0.05) is 28.1 Å². The predicted molar refractivity (Wildman–Crippen MR) is 106 cm³/mol. The molecule has 2 heterocycles. The zero-order chi connectivity index (χ0) is 17.9. The third-order valence-corrected chi connectivity index (χ3v) is 5.48. The van der Waals surface area contributed by atoms with Gasteiger partial charge in [0.05, 0.1) is 30.0 Å². The number of benzene rings is 2. The van der Waals surface area contributed by atoms with Crippen molar-refractivity contribution in [2.45, 2.75) is 18.8 Å². The number of likely N-dealkylation sites (tertiary alicyclic amines) is 1. The first-order valence-corrected chi connectivity index (χ1v) is 9.80. The summed E-state index contributed by atoms with van der Waals surface area (Å²) >= 11 is 3.41. The molecule has 0 spiro atoms. The third-order valence-electron chi connectivity index (χ3n) is 4.95. The normalized spacial score (nSPS) is 20.2. The second-order valence-corrected chi connectivity index (χ2v) is 7.83. The highest BCUT2D eigenvalue weighted by atomic mass is 79.9. The quantitative estimate of drug-likeness (QED) is 0.615. The van der Waals surface area contributed by atoms with Crippen molar-refractivity contribution < 1.29 is 9.69 Å². The van der Waals surface area contributed by atoms with Gasteiger partial charge in [0, 0.05) is 10.2 Å². The Balaban J connectivity index is 1.38. The number of piperidine rings is 1. The van der Waals surface area contributed by atoms with Gasteiger partial charge in [0.1, 0.15) is 5.82 Å². The SMILES string of the molecule is O=C(C[NH+]1CCC[C@H](c2nc3ccccc3[nH]2)C1)Nc1ccc(Br)cc1. The second kappa shape index (κ2) is 7.60. The fourth-order valence-corrected chi connectivity index (χ4v) is 3.94. The maximum atomic E-state index is 12.4. The maximum absolute atomic E-state index is 12.4. The maximum Gasteiger partial charge on any atom is 0.279 e. The summed E-state index contributed by atoms with van der Waals surface area (Å²) in [5.74, 6) is 1.50. The average molecular weight is 414 g/mol. The number of hydrogen-bond acceptors (Lipinski definition) is 2. The summed E-state index contributed by atoms with van der Waals surface area (Å²) in [5, 5.41) is 2.99. The number of halogens is 1. The Bertz CT molecular complexity index is 873. The van der Waals surface area contributed by atoms with E-state index in [9.17, 15) is 4.79 Å². The third kappa shape index (κ3) is 3.97. The lowest BCUT2D eigenvalue weighted by atomic mass is 9.97. The summed E-state index contributed by atoms with van der Waals surface area (Å²) in [4.78, 5) is 21.9. The molecule has 5 nitrogen and oxygen atoms in total. The van der Waals surface area contributed by atoms with E-state index in [1.165, 1.54) is 4.90 Å². The highest BCUT2D eigenvalue weighted by Crippen LogP contribution is 2.22. The number of anilines is 1. The summed E-state index contributed by atoms with van der Waals surface area (Å²) in [7, 11) is 0. The van der Waals surface area contributed by atoms with Gasteiger partial charge in [-0.25, -0.2) is 4.98 Å². The van der Waals surface area contributed by atoms with Crippen molar-refractivity contribution in [1.29, 1.82) is 0 Å².